The second kappa shape index (κ2) is 5.64. The third-order valence-electron chi connectivity index (χ3n) is 4.25. The molecular weight excluding hydrogens is 274 g/mol. The molecule has 0 aliphatic heterocycles. The molecule has 3 nitrogen and oxygen atoms in total. The van der Waals surface area contributed by atoms with Gasteiger partial charge in [0.2, 0.25) is 0 Å². The number of aryl methyl sites for hydroxylation is 1. The molecule has 2 aromatic rings. The number of pyridine rings is 1. The first-order valence-electron chi connectivity index (χ1n) is 7.52. The van der Waals surface area contributed by atoms with Gasteiger partial charge in [-0.1, -0.05) is 32.9 Å². The summed E-state index contributed by atoms with van der Waals surface area (Å²) in [6.45, 7) is 10.4. The fourth-order valence-corrected chi connectivity index (χ4v) is 2.75. The molecule has 22 heavy (non-hydrogen) atoms. The van der Waals surface area contributed by atoms with Crippen LogP contribution in [-0.4, -0.2) is 11.7 Å². The molecule has 0 bridgehead atoms. The van der Waals surface area contributed by atoms with E-state index in [2.05, 4.69) is 39.0 Å². The van der Waals surface area contributed by atoms with Crippen LogP contribution in [0.3, 0.4) is 0 Å². The predicted molar refractivity (Wildman–Crippen MR) is 91.8 cm³/mol. The van der Waals surface area contributed by atoms with Gasteiger partial charge in [0, 0.05) is 24.4 Å². The van der Waals surface area contributed by atoms with E-state index in [1.165, 1.54) is 5.56 Å². The number of nitrogens with zero attached hydrogens (tertiary/aromatic N) is 1. The van der Waals surface area contributed by atoms with Crippen LogP contribution >= 0.6 is 0 Å². The molecule has 0 saturated carbocycles. The highest BCUT2D eigenvalue weighted by atomic mass is 16.5. The molecule has 3 heteroatoms. The zero-order valence-electron chi connectivity index (χ0n) is 14.6. The van der Waals surface area contributed by atoms with E-state index in [1.54, 1.807) is 18.7 Å². The number of hydrogen-bond acceptors (Lipinski definition) is 2. The zero-order valence-corrected chi connectivity index (χ0v) is 14.6. The van der Waals surface area contributed by atoms with Crippen LogP contribution in [0.2, 0.25) is 0 Å². The summed E-state index contributed by atoms with van der Waals surface area (Å²) >= 11 is 0. The van der Waals surface area contributed by atoms with Gasteiger partial charge < -0.3 is 9.30 Å². The third-order valence-corrected chi connectivity index (χ3v) is 4.25. The van der Waals surface area contributed by atoms with Crippen molar-refractivity contribution in [3.8, 4) is 16.9 Å². The second-order valence-electron chi connectivity index (χ2n) is 6.87. The molecule has 0 radical (unpaired) electrons. The molecule has 118 valence electrons. The minimum absolute atomic E-state index is 0.0262. The van der Waals surface area contributed by atoms with Crippen molar-refractivity contribution in [1.29, 1.82) is 0 Å². The lowest BCUT2D eigenvalue weighted by Crippen LogP contribution is -2.20. The molecule has 0 atom stereocenters. The molecule has 0 saturated heterocycles. The van der Waals surface area contributed by atoms with Gasteiger partial charge in [0.1, 0.15) is 5.75 Å². The lowest BCUT2D eigenvalue weighted by atomic mass is 9.85. The highest BCUT2D eigenvalue weighted by Crippen LogP contribution is 2.35. The molecule has 0 amide bonds. The van der Waals surface area contributed by atoms with Crippen molar-refractivity contribution < 1.29 is 4.74 Å². The maximum absolute atomic E-state index is 12.0. The van der Waals surface area contributed by atoms with Crippen LogP contribution in [0, 0.1) is 13.8 Å². The summed E-state index contributed by atoms with van der Waals surface area (Å²) in [6, 6.07) is 6.29. The molecule has 1 aromatic carbocycles. The van der Waals surface area contributed by atoms with E-state index in [4.69, 9.17) is 4.74 Å². The van der Waals surface area contributed by atoms with Crippen LogP contribution in [0.25, 0.3) is 11.1 Å². The van der Waals surface area contributed by atoms with Crippen LogP contribution < -0.4 is 10.3 Å². The van der Waals surface area contributed by atoms with Crippen molar-refractivity contribution in [1.82, 2.24) is 4.57 Å². The number of methoxy groups -OCH3 is 1. The highest BCUT2D eigenvalue weighted by Gasteiger charge is 2.20. The average Bonchev–Trinajstić information content (AvgIpc) is 2.47. The minimum Gasteiger partial charge on any atom is -0.496 e. The molecule has 2 rings (SSSR count). The zero-order chi connectivity index (χ0) is 16.7. The largest absolute Gasteiger partial charge is 0.496 e. The molecule has 0 unspecified atom stereocenters. The monoisotopic (exact) mass is 299 g/mol. The lowest BCUT2D eigenvalue weighted by Gasteiger charge is -2.23. The summed E-state index contributed by atoms with van der Waals surface area (Å²) in [5, 5.41) is 0. The fraction of sp³-hybridized carbons (Fsp3) is 0.421. The first kappa shape index (κ1) is 16.3. The van der Waals surface area contributed by atoms with Gasteiger partial charge in [0.05, 0.1) is 7.11 Å². The molecular formula is C19H25NO2. The summed E-state index contributed by atoms with van der Waals surface area (Å²) in [4.78, 5) is 12.0. The Balaban J connectivity index is 2.68. The van der Waals surface area contributed by atoms with Gasteiger partial charge in [-0.3, -0.25) is 4.79 Å². The third kappa shape index (κ3) is 2.80. The van der Waals surface area contributed by atoms with E-state index >= 15 is 0 Å². The molecule has 0 N–H and O–H groups in total. The van der Waals surface area contributed by atoms with Gasteiger partial charge in [-0.25, -0.2) is 0 Å². The Morgan fingerprint density at radius 1 is 1.09 bits per heavy atom. The van der Waals surface area contributed by atoms with Gasteiger partial charge in [0.25, 0.3) is 5.56 Å². The van der Waals surface area contributed by atoms with Gasteiger partial charge in [-0.05, 0) is 42.0 Å². The quantitative estimate of drug-likeness (QED) is 0.840. The van der Waals surface area contributed by atoms with Crippen molar-refractivity contribution in [3.05, 3.63) is 51.4 Å². The minimum atomic E-state index is 0.0262. The SMILES string of the molecule is COc1cc(-c2cn(C)c(=O)c(C)c2C)ccc1C(C)(C)C. The molecule has 0 fully saturated rings. The number of hydrogen-bond donors (Lipinski definition) is 0. The summed E-state index contributed by atoms with van der Waals surface area (Å²) in [7, 11) is 3.49. The first-order valence-corrected chi connectivity index (χ1v) is 7.52. The van der Waals surface area contributed by atoms with E-state index in [0.717, 1.165) is 28.0 Å². The van der Waals surface area contributed by atoms with Crippen LogP contribution in [0.5, 0.6) is 5.75 Å². The Hall–Kier alpha value is -2.03. The normalized spacial score (nSPS) is 11.6. The van der Waals surface area contributed by atoms with Crippen LogP contribution in [-0.2, 0) is 12.5 Å². The van der Waals surface area contributed by atoms with E-state index in [0.29, 0.717) is 0 Å². The van der Waals surface area contributed by atoms with E-state index in [9.17, 15) is 4.79 Å². The number of benzene rings is 1. The second-order valence-corrected chi connectivity index (χ2v) is 6.87. The van der Waals surface area contributed by atoms with Crippen molar-refractivity contribution in [2.45, 2.75) is 40.0 Å². The summed E-state index contributed by atoms with van der Waals surface area (Å²) in [6.07, 6.45) is 1.90. The lowest BCUT2D eigenvalue weighted by molar-refractivity contribution is 0.398. The Labute approximate surface area is 132 Å². The van der Waals surface area contributed by atoms with E-state index in [1.807, 2.05) is 20.0 Å². The van der Waals surface area contributed by atoms with Crippen molar-refractivity contribution in [2.75, 3.05) is 7.11 Å². The Morgan fingerprint density at radius 3 is 2.27 bits per heavy atom. The molecule has 1 aromatic heterocycles. The van der Waals surface area contributed by atoms with Crippen LogP contribution in [0.1, 0.15) is 37.5 Å². The standard InChI is InChI=1S/C19H25NO2/c1-12-13(2)18(21)20(6)11-15(12)14-8-9-16(19(3,4)5)17(10-14)22-7/h8-11H,1-7H3. The van der Waals surface area contributed by atoms with E-state index < -0.39 is 0 Å². The van der Waals surface area contributed by atoms with Gasteiger partial charge in [-0.2, -0.15) is 0 Å². The van der Waals surface area contributed by atoms with Gasteiger partial charge >= 0.3 is 0 Å². The van der Waals surface area contributed by atoms with Gasteiger partial charge in [0.15, 0.2) is 0 Å². The van der Waals surface area contributed by atoms with Crippen LogP contribution in [0.15, 0.2) is 29.2 Å². The van der Waals surface area contributed by atoms with Gasteiger partial charge in [-0.15, -0.1) is 0 Å². The number of rotatable bonds is 2. The number of aromatic nitrogens is 1. The van der Waals surface area contributed by atoms with E-state index in [-0.39, 0.29) is 11.0 Å². The van der Waals surface area contributed by atoms with Crippen molar-refractivity contribution in [3.63, 3.8) is 0 Å². The smallest absolute Gasteiger partial charge is 0.253 e. The highest BCUT2D eigenvalue weighted by molar-refractivity contribution is 5.70. The molecule has 0 spiro atoms. The Bertz CT molecular complexity index is 764. The van der Waals surface area contributed by atoms with Crippen molar-refractivity contribution >= 4 is 0 Å². The molecule has 0 aliphatic rings. The maximum atomic E-state index is 12.0. The molecule has 0 aliphatic carbocycles. The predicted octanol–water partition coefficient (Wildman–Crippen LogP) is 3.98. The maximum Gasteiger partial charge on any atom is 0.253 e. The topological polar surface area (TPSA) is 31.2 Å². The summed E-state index contributed by atoms with van der Waals surface area (Å²) in [5.41, 5.74) is 5.21. The summed E-state index contributed by atoms with van der Waals surface area (Å²) < 4.78 is 7.23. The summed E-state index contributed by atoms with van der Waals surface area (Å²) in [5.74, 6) is 0.885. The first-order chi connectivity index (χ1) is 10.2. The van der Waals surface area contributed by atoms with Crippen molar-refractivity contribution in [2.24, 2.45) is 7.05 Å². The van der Waals surface area contributed by atoms with Crippen LogP contribution in [0.4, 0.5) is 0 Å². The Kier molecular flexibility index (Phi) is 4.19. The number of ether oxygens (including phenoxy) is 1. The average molecular weight is 299 g/mol. The fourth-order valence-electron chi connectivity index (χ4n) is 2.75. The molecule has 1 heterocycles. The Morgan fingerprint density at radius 2 is 1.73 bits per heavy atom.